The summed E-state index contributed by atoms with van der Waals surface area (Å²) in [5, 5.41) is 2.80. The van der Waals surface area contributed by atoms with E-state index >= 15 is 0 Å². The average molecular weight is 331 g/mol. The molecule has 1 aliphatic rings. The molecule has 2 aromatic carbocycles. The highest BCUT2D eigenvalue weighted by Crippen LogP contribution is 2.49. The van der Waals surface area contributed by atoms with Crippen LogP contribution in [0, 0.1) is 0 Å². The van der Waals surface area contributed by atoms with Gasteiger partial charge < -0.3 is 29.0 Å². The maximum Gasteiger partial charge on any atom is 0.259 e. The van der Waals surface area contributed by atoms with Gasteiger partial charge in [-0.2, -0.15) is 0 Å². The van der Waals surface area contributed by atoms with Gasteiger partial charge in [-0.3, -0.25) is 4.79 Å². The van der Waals surface area contributed by atoms with Crippen LogP contribution in [-0.4, -0.2) is 34.0 Å². The molecule has 0 spiro atoms. The second-order valence-electron chi connectivity index (χ2n) is 4.91. The van der Waals surface area contributed by atoms with Gasteiger partial charge in [0.25, 0.3) is 5.91 Å². The van der Waals surface area contributed by atoms with Crippen LogP contribution >= 0.6 is 0 Å². The fourth-order valence-corrected chi connectivity index (χ4v) is 2.41. The standard InChI is InChI=1S/C17H17NO6/c1-20-11-6-4-10(5-7-11)18-17(19)12-8-13(21-2)15-16(14(12)22-3)24-9-23-15/h4-8H,9H2,1-3H3,(H,18,19). The summed E-state index contributed by atoms with van der Waals surface area (Å²) >= 11 is 0. The monoisotopic (exact) mass is 331 g/mol. The van der Waals surface area contributed by atoms with Gasteiger partial charge >= 0.3 is 0 Å². The Morgan fingerprint density at radius 1 is 1.00 bits per heavy atom. The van der Waals surface area contributed by atoms with E-state index in [1.807, 2.05) is 0 Å². The molecule has 0 radical (unpaired) electrons. The van der Waals surface area contributed by atoms with Gasteiger partial charge in [0.15, 0.2) is 11.5 Å². The normalized spacial score (nSPS) is 11.8. The van der Waals surface area contributed by atoms with E-state index in [4.69, 9.17) is 23.7 Å². The van der Waals surface area contributed by atoms with Crippen molar-refractivity contribution < 1.29 is 28.5 Å². The molecule has 3 rings (SSSR count). The van der Waals surface area contributed by atoms with Gasteiger partial charge in [0, 0.05) is 11.8 Å². The van der Waals surface area contributed by atoms with Gasteiger partial charge in [-0.1, -0.05) is 0 Å². The zero-order chi connectivity index (χ0) is 17.1. The Morgan fingerprint density at radius 3 is 2.33 bits per heavy atom. The number of benzene rings is 2. The summed E-state index contributed by atoms with van der Waals surface area (Å²) in [5.41, 5.74) is 0.911. The number of carbonyl (C=O) groups is 1. The molecule has 2 aromatic rings. The summed E-state index contributed by atoms with van der Waals surface area (Å²) in [4.78, 5) is 12.6. The van der Waals surface area contributed by atoms with Crippen molar-refractivity contribution in [1.29, 1.82) is 0 Å². The van der Waals surface area contributed by atoms with Crippen LogP contribution in [0.3, 0.4) is 0 Å². The number of hydrogen-bond acceptors (Lipinski definition) is 6. The Bertz CT molecular complexity index is 757. The first kappa shape index (κ1) is 15.8. The number of hydrogen-bond donors (Lipinski definition) is 1. The van der Waals surface area contributed by atoms with E-state index < -0.39 is 0 Å². The molecule has 0 saturated carbocycles. The SMILES string of the molecule is COc1ccc(NC(=O)c2cc(OC)c3c(c2OC)OCO3)cc1. The summed E-state index contributed by atoms with van der Waals surface area (Å²) in [6, 6.07) is 8.56. The van der Waals surface area contributed by atoms with Gasteiger partial charge in [-0.15, -0.1) is 0 Å². The van der Waals surface area contributed by atoms with Gasteiger partial charge in [0.2, 0.25) is 18.3 Å². The molecule has 1 heterocycles. The summed E-state index contributed by atoms with van der Waals surface area (Å²) in [5.74, 6) is 1.84. The van der Waals surface area contributed by atoms with E-state index in [0.29, 0.717) is 34.4 Å². The predicted molar refractivity (Wildman–Crippen MR) is 86.6 cm³/mol. The maximum absolute atomic E-state index is 12.6. The number of anilines is 1. The molecule has 7 heteroatoms. The number of amides is 1. The molecule has 0 aromatic heterocycles. The first-order valence-corrected chi connectivity index (χ1v) is 7.18. The minimum atomic E-state index is -0.353. The lowest BCUT2D eigenvalue weighted by Crippen LogP contribution is -2.13. The zero-order valence-electron chi connectivity index (χ0n) is 13.5. The Kier molecular flexibility index (Phi) is 4.33. The van der Waals surface area contributed by atoms with Crippen LogP contribution in [0.2, 0.25) is 0 Å². The Balaban J connectivity index is 1.94. The third-order valence-electron chi connectivity index (χ3n) is 3.58. The molecule has 7 nitrogen and oxygen atoms in total. The van der Waals surface area contributed by atoms with E-state index in [1.54, 1.807) is 37.4 Å². The van der Waals surface area contributed by atoms with Crippen LogP contribution in [0.25, 0.3) is 0 Å². The molecule has 0 unspecified atom stereocenters. The number of carbonyl (C=O) groups excluding carboxylic acids is 1. The molecule has 1 amide bonds. The quantitative estimate of drug-likeness (QED) is 0.908. The number of fused-ring (bicyclic) bond motifs is 1. The van der Waals surface area contributed by atoms with Crippen molar-refractivity contribution >= 4 is 11.6 Å². The Morgan fingerprint density at radius 2 is 1.71 bits per heavy atom. The van der Waals surface area contributed by atoms with Gasteiger partial charge in [0.05, 0.1) is 26.9 Å². The van der Waals surface area contributed by atoms with Crippen molar-refractivity contribution in [3.05, 3.63) is 35.9 Å². The van der Waals surface area contributed by atoms with E-state index in [0.717, 1.165) is 0 Å². The third kappa shape index (κ3) is 2.76. The van der Waals surface area contributed by atoms with Crippen molar-refractivity contribution in [2.75, 3.05) is 33.4 Å². The highest BCUT2D eigenvalue weighted by Gasteiger charge is 2.29. The lowest BCUT2D eigenvalue weighted by atomic mass is 10.1. The van der Waals surface area contributed by atoms with E-state index in [1.165, 1.54) is 14.2 Å². The molecule has 0 atom stereocenters. The van der Waals surface area contributed by atoms with Crippen molar-refractivity contribution in [3.8, 4) is 28.7 Å². The summed E-state index contributed by atoms with van der Waals surface area (Å²) in [7, 11) is 4.54. The van der Waals surface area contributed by atoms with Crippen LogP contribution in [0.15, 0.2) is 30.3 Å². The third-order valence-corrected chi connectivity index (χ3v) is 3.58. The van der Waals surface area contributed by atoms with Gasteiger partial charge in [-0.05, 0) is 24.3 Å². The predicted octanol–water partition coefficient (Wildman–Crippen LogP) is 2.69. The van der Waals surface area contributed by atoms with Crippen molar-refractivity contribution in [2.45, 2.75) is 0 Å². The Labute approximate surface area is 139 Å². The minimum absolute atomic E-state index is 0.0472. The van der Waals surface area contributed by atoms with E-state index in [9.17, 15) is 4.79 Å². The number of rotatable bonds is 5. The van der Waals surface area contributed by atoms with Crippen LogP contribution in [0.1, 0.15) is 10.4 Å². The topological polar surface area (TPSA) is 75.3 Å². The summed E-state index contributed by atoms with van der Waals surface area (Å²) < 4.78 is 26.5. The van der Waals surface area contributed by atoms with Gasteiger partial charge in [0.1, 0.15) is 5.75 Å². The molecule has 24 heavy (non-hydrogen) atoms. The first-order chi connectivity index (χ1) is 11.7. The molecule has 1 aliphatic heterocycles. The van der Waals surface area contributed by atoms with Crippen LogP contribution in [-0.2, 0) is 0 Å². The molecule has 0 fully saturated rings. The molecule has 0 saturated heterocycles. The first-order valence-electron chi connectivity index (χ1n) is 7.18. The fraction of sp³-hybridized carbons (Fsp3) is 0.235. The average Bonchev–Trinajstić information content (AvgIpc) is 3.10. The highest BCUT2D eigenvalue weighted by molar-refractivity contribution is 6.07. The summed E-state index contributed by atoms with van der Waals surface area (Å²) in [6.07, 6.45) is 0. The van der Waals surface area contributed by atoms with E-state index in [2.05, 4.69) is 5.32 Å². The van der Waals surface area contributed by atoms with E-state index in [-0.39, 0.29) is 18.3 Å². The molecular formula is C17H17NO6. The fourth-order valence-electron chi connectivity index (χ4n) is 2.41. The lowest BCUT2D eigenvalue weighted by molar-refractivity contribution is 0.102. The van der Waals surface area contributed by atoms with Crippen LogP contribution in [0.4, 0.5) is 5.69 Å². The molecule has 126 valence electrons. The number of ether oxygens (including phenoxy) is 5. The number of methoxy groups -OCH3 is 3. The van der Waals surface area contributed by atoms with Crippen LogP contribution in [0.5, 0.6) is 28.7 Å². The molecule has 1 N–H and O–H groups in total. The molecular weight excluding hydrogens is 314 g/mol. The highest BCUT2D eigenvalue weighted by atomic mass is 16.7. The second kappa shape index (κ2) is 6.57. The van der Waals surface area contributed by atoms with Gasteiger partial charge in [-0.25, -0.2) is 0 Å². The minimum Gasteiger partial charge on any atom is -0.497 e. The number of nitrogens with one attached hydrogen (secondary N) is 1. The Hall–Kier alpha value is -3.09. The van der Waals surface area contributed by atoms with Crippen molar-refractivity contribution in [3.63, 3.8) is 0 Å². The largest absolute Gasteiger partial charge is 0.497 e. The van der Waals surface area contributed by atoms with Crippen LogP contribution < -0.4 is 29.0 Å². The molecule has 0 aliphatic carbocycles. The van der Waals surface area contributed by atoms with Crippen molar-refractivity contribution in [1.82, 2.24) is 0 Å². The summed E-state index contributed by atoms with van der Waals surface area (Å²) in [6.45, 7) is 0.0472. The zero-order valence-corrected chi connectivity index (χ0v) is 13.5. The van der Waals surface area contributed by atoms with Crippen molar-refractivity contribution in [2.24, 2.45) is 0 Å². The molecule has 0 bridgehead atoms. The smallest absolute Gasteiger partial charge is 0.259 e. The second-order valence-corrected chi connectivity index (χ2v) is 4.91. The maximum atomic E-state index is 12.6. The lowest BCUT2D eigenvalue weighted by Gasteiger charge is -2.14.